The zero-order valence-electron chi connectivity index (χ0n) is 18.7. The maximum absolute atomic E-state index is 13.3. The Morgan fingerprint density at radius 1 is 1.06 bits per heavy atom. The molecule has 3 rings (SSSR count). The molecule has 1 N–H and O–H groups in total. The molecule has 0 bridgehead atoms. The second-order valence-corrected chi connectivity index (χ2v) is 9.39. The summed E-state index contributed by atoms with van der Waals surface area (Å²) in [7, 11) is 0. The predicted octanol–water partition coefficient (Wildman–Crippen LogP) is 5.09. The molecule has 1 saturated carbocycles. The van der Waals surface area contributed by atoms with Gasteiger partial charge in [0.2, 0.25) is 11.8 Å². The number of amides is 2. The number of nitrogens with one attached hydrogen (secondary N) is 1. The van der Waals surface area contributed by atoms with E-state index in [-0.39, 0.29) is 17.9 Å². The van der Waals surface area contributed by atoms with Crippen LogP contribution in [-0.2, 0) is 21.9 Å². The van der Waals surface area contributed by atoms with Gasteiger partial charge in [-0.05, 0) is 37.3 Å². The van der Waals surface area contributed by atoms with Crippen molar-refractivity contribution in [2.24, 2.45) is 0 Å². The fourth-order valence-corrected chi connectivity index (χ4v) is 5.07. The molecule has 1 fully saturated rings. The van der Waals surface area contributed by atoms with E-state index in [0.717, 1.165) is 24.2 Å². The molecule has 0 heterocycles. The zero-order valence-corrected chi connectivity index (χ0v) is 19.5. The number of thioether (sulfide) groups is 1. The number of hydrogen-bond acceptors (Lipinski definition) is 3. The van der Waals surface area contributed by atoms with Crippen LogP contribution in [0.5, 0.6) is 0 Å². The first-order valence-electron chi connectivity index (χ1n) is 11.3. The lowest BCUT2D eigenvalue weighted by Gasteiger charge is -2.31. The molecule has 0 aliphatic heterocycles. The van der Waals surface area contributed by atoms with E-state index in [0.29, 0.717) is 18.7 Å². The van der Waals surface area contributed by atoms with Gasteiger partial charge in [-0.25, -0.2) is 0 Å². The van der Waals surface area contributed by atoms with E-state index < -0.39 is 6.04 Å². The molecule has 5 heteroatoms. The Morgan fingerprint density at radius 2 is 1.77 bits per heavy atom. The molecule has 0 saturated heterocycles. The maximum atomic E-state index is 13.3. The Labute approximate surface area is 190 Å². The molecule has 166 valence electrons. The van der Waals surface area contributed by atoms with Crippen LogP contribution in [0.2, 0.25) is 0 Å². The first-order valence-corrected chi connectivity index (χ1v) is 12.5. The Kier molecular flexibility index (Phi) is 9.01. The van der Waals surface area contributed by atoms with Crippen LogP contribution in [-0.4, -0.2) is 34.6 Å². The van der Waals surface area contributed by atoms with Crippen molar-refractivity contribution in [3.8, 4) is 0 Å². The largest absolute Gasteiger partial charge is 0.352 e. The van der Waals surface area contributed by atoms with Crippen LogP contribution in [0.3, 0.4) is 0 Å². The minimum absolute atomic E-state index is 0.0117. The smallest absolute Gasteiger partial charge is 0.243 e. The summed E-state index contributed by atoms with van der Waals surface area (Å²) in [5.41, 5.74) is 3.50. The van der Waals surface area contributed by atoms with Crippen molar-refractivity contribution in [2.75, 3.05) is 5.75 Å². The van der Waals surface area contributed by atoms with Crippen LogP contribution < -0.4 is 5.32 Å². The highest BCUT2D eigenvalue weighted by atomic mass is 32.2. The lowest BCUT2D eigenvalue weighted by molar-refractivity contribution is -0.139. The molecule has 4 nitrogen and oxygen atoms in total. The highest BCUT2D eigenvalue weighted by molar-refractivity contribution is 7.99. The summed E-state index contributed by atoms with van der Waals surface area (Å²) in [6, 6.07) is 18.2. The number of aryl methyl sites for hydroxylation is 1. The number of carbonyl (C=O) groups is 2. The normalized spacial score (nSPS) is 14.9. The third-order valence-electron chi connectivity index (χ3n) is 5.86. The third-order valence-corrected chi connectivity index (χ3v) is 6.85. The second kappa shape index (κ2) is 11.9. The molecule has 1 atom stereocenters. The van der Waals surface area contributed by atoms with Crippen molar-refractivity contribution in [1.82, 2.24) is 10.2 Å². The zero-order chi connectivity index (χ0) is 22.1. The monoisotopic (exact) mass is 438 g/mol. The fourth-order valence-electron chi connectivity index (χ4n) is 4.21. The van der Waals surface area contributed by atoms with E-state index in [1.54, 1.807) is 16.7 Å². The van der Waals surface area contributed by atoms with Crippen molar-refractivity contribution >= 4 is 23.6 Å². The Morgan fingerprint density at radius 3 is 2.45 bits per heavy atom. The molecular formula is C26H34N2O2S. The molecule has 2 amide bonds. The van der Waals surface area contributed by atoms with Gasteiger partial charge >= 0.3 is 0 Å². The van der Waals surface area contributed by atoms with E-state index in [1.165, 1.54) is 24.0 Å². The van der Waals surface area contributed by atoms with Crippen LogP contribution in [0.15, 0.2) is 54.6 Å². The molecule has 2 aromatic rings. The number of carbonyl (C=O) groups excluding carboxylic acids is 2. The van der Waals surface area contributed by atoms with Gasteiger partial charge in [0, 0.05) is 18.3 Å². The van der Waals surface area contributed by atoms with Gasteiger partial charge in [0.1, 0.15) is 6.04 Å². The number of rotatable bonds is 10. The maximum Gasteiger partial charge on any atom is 0.243 e. The van der Waals surface area contributed by atoms with Crippen molar-refractivity contribution < 1.29 is 9.59 Å². The Balaban J connectivity index is 1.67. The summed E-state index contributed by atoms with van der Waals surface area (Å²) in [4.78, 5) is 28.1. The van der Waals surface area contributed by atoms with Gasteiger partial charge < -0.3 is 10.2 Å². The first-order chi connectivity index (χ1) is 15.1. The van der Waals surface area contributed by atoms with Gasteiger partial charge in [-0.1, -0.05) is 79.9 Å². The van der Waals surface area contributed by atoms with Gasteiger partial charge in [-0.15, -0.1) is 11.8 Å². The molecule has 1 aliphatic rings. The van der Waals surface area contributed by atoms with Crippen LogP contribution in [0, 0.1) is 6.92 Å². The van der Waals surface area contributed by atoms with Gasteiger partial charge in [0.15, 0.2) is 0 Å². The molecular weight excluding hydrogens is 404 g/mol. The number of benzene rings is 2. The Bertz CT molecular complexity index is 849. The van der Waals surface area contributed by atoms with Crippen molar-refractivity contribution in [2.45, 2.75) is 70.3 Å². The number of hydrogen-bond donors (Lipinski definition) is 1. The Hall–Kier alpha value is -2.27. The highest BCUT2D eigenvalue weighted by Gasteiger charge is 2.30. The third kappa shape index (κ3) is 7.13. The summed E-state index contributed by atoms with van der Waals surface area (Å²) in [5, 5.41) is 3.20. The standard InChI is InChI=1S/C26H34N2O2S/c1-3-24(26(30)27-23-14-7-8-15-23)28(17-21-11-5-4-6-12-21)25(29)19-31-18-22-13-9-10-20(2)16-22/h4-6,9-13,16,23-24H,3,7-8,14-15,17-19H2,1-2H3,(H,27,30)/t24-/m1/s1. The minimum Gasteiger partial charge on any atom is -0.352 e. The van der Waals surface area contributed by atoms with Crippen LogP contribution >= 0.6 is 11.8 Å². The van der Waals surface area contributed by atoms with Crippen LogP contribution in [0.25, 0.3) is 0 Å². The van der Waals surface area contributed by atoms with Gasteiger partial charge in [0.05, 0.1) is 5.75 Å². The topological polar surface area (TPSA) is 49.4 Å². The van der Waals surface area contributed by atoms with E-state index in [1.807, 2.05) is 37.3 Å². The van der Waals surface area contributed by atoms with Gasteiger partial charge in [-0.3, -0.25) is 9.59 Å². The van der Waals surface area contributed by atoms with E-state index >= 15 is 0 Å². The first kappa shape index (κ1) is 23.4. The fraction of sp³-hybridized carbons (Fsp3) is 0.462. The SMILES string of the molecule is CC[C@H](C(=O)NC1CCCC1)N(Cc1ccccc1)C(=O)CSCc1cccc(C)c1. The molecule has 0 radical (unpaired) electrons. The minimum atomic E-state index is -0.437. The van der Waals surface area contributed by atoms with Crippen molar-refractivity contribution in [1.29, 1.82) is 0 Å². The quantitative estimate of drug-likeness (QED) is 0.562. The summed E-state index contributed by atoms with van der Waals surface area (Å²) < 4.78 is 0. The highest BCUT2D eigenvalue weighted by Crippen LogP contribution is 2.20. The van der Waals surface area contributed by atoms with Crippen molar-refractivity contribution in [3.05, 3.63) is 71.3 Å². The predicted molar refractivity (Wildman–Crippen MR) is 129 cm³/mol. The average Bonchev–Trinajstić information content (AvgIpc) is 3.27. The summed E-state index contributed by atoms with van der Waals surface area (Å²) in [5.74, 6) is 1.17. The molecule has 0 spiro atoms. The molecule has 2 aromatic carbocycles. The molecule has 1 aliphatic carbocycles. The number of nitrogens with zero attached hydrogens (tertiary/aromatic N) is 1. The lowest BCUT2D eigenvalue weighted by Crippen LogP contribution is -2.51. The van der Waals surface area contributed by atoms with Gasteiger partial charge in [0.25, 0.3) is 0 Å². The van der Waals surface area contributed by atoms with E-state index in [2.05, 4.69) is 36.5 Å². The van der Waals surface area contributed by atoms with Crippen molar-refractivity contribution in [3.63, 3.8) is 0 Å². The van der Waals surface area contributed by atoms with Gasteiger partial charge in [-0.2, -0.15) is 0 Å². The second-order valence-electron chi connectivity index (χ2n) is 8.40. The lowest BCUT2D eigenvalue weighted by atomic mass is 10.1. The molecule has 31 heavy (non-hydrogen) atoms. The van der Waals surface area contributed by atoms with E-state index in [4.69, 9.17) is 0 Å². The van der Waals surface area contributed by atoms with E-state index in [9.17, 15) is 9.59 Å². The summed E-state index contributed by atoms with van der Waals surface area (Å²) in [6.07, 6.45) is 5.04. The average molecular weight is 439 g/mol. The molecule has 0 unspecified atom stereocenters. The summed E-state index contributed by atoms with van der Waals surface area (Å²) >= 11 is 1.61. The van der Waals surface area contributed by atoms with Crippen LogP contribution in [0.1, 0.15) is 55.7 Å². The molecule has 0 aromatic heterocycles. The van der Waals surface area contributed by atoms with Crippen LogP contribution in [0.4, 0.5) is 0 Å². The summed E-state index contributed by atoms with van der Waals surface area (Å²) in [6.45, 7) is 4.53.